The first kappa shape index (κ1) is 25.9. The van der Waals surface area contributed by atoms with Gasteiger partial charge in [-0.05, 0) is 80.5 Å². The Labute approximate surface area is 228 Å². The lowest BCUT2D eigenvalue weighted by Gasteiger charge is -2.41. The monoisotopic (exact) mass is 529 g/mol. The summed E-state index contributed by atoms with van der Waals surface area (Å²) in [5.74, 6) is -0.732. The van der Waals surface area contributed by atoms with Crippen LogP contribution in [0.2, 0.25) is 0 Å². The number of hydrogen-bond donors (Lipinski definition) is 2. The van der Waals surface area contributed by atoms with E-state index in [-0.39, 0.29) is 35.6 Å². The minimum absolute atomic E-state index is 0.0802. The van der Waals surface area contributed by atoms with E-state index in [0.29, 0.717) is 11.7 Å². The van der Waals surface area contributed by atoms with Crippen molar-refractivity contribution in [1.29, 1.82) is 0 Å². The zero-order valence-electron chi connectivity index (χ0n) is 22.0. The second kappa shape index (κ2) is 10.2. The molecule has 1 saturated heterocycles. The van der Waals surface area contributed by atoms with Gasteiger partial charge in [0, 0.05) is 37.5 Å². The van der Waals surface area contributed by atoms with Gasteiger partial charge in [0.25, 0.3) is 0 Å². The molecule has 8 heteroatoms. The van der Waals surface area contributed by atoms with Gasteiger partial charge < -0.3 is 20.4 Å². The molecule has 38 heavy (non-hydrogen) atoms. The quantitative estimate of drug-likeness (QED) is 0.391. The van der Waals surface area contributed by atoms with Crippen LogP contribution < -0.4 is 15.5 Å². The normalized spacial score (nSPS) is 20.0. The molecular formula is C30H32FN5OS. The number of amides is 1. The van der Waals surface area contributed by atoms with Crippen molar-refractivity contribution in [2.24, 2.45) is 0 Å². The average molecular weight is 530 g/mol. The summed E-state index contributed by atoms with van der Waals surface area (Å²) in [6.45, 7) is 6.94. The van der Waals surface area contributed by atoms with Gasteiger partial charge >= 0.3 is 0 Å². The van der Waals surface area contributed by atoms with Crippen LogP contribution in [0.3, 0.4) is 0 Å². The summed E-state index contributed by atoms with van der Waals surface area (Å²) in [4.78, 5) is 21.7. The molecule has 0 aliphatic carbocycles. The SMILES string of the molecule is CC1=CC(C)(C)N(C)c2ccc([C@@H]3[C@@H](c4ccccn4)NC(=S)N3CCC(=O)Nc3ccccc3F)cc21. The first-order chi connectivity index (χ1) is 18.2. The molecule has 2 aliphatic heterocycles. The zero-order valence-corrected chi connectivity index (χ0v) is 22.8. The molecule has 0 radical (unpaired) electrons. The number of thiocarbonyl (C=S) groups is 1. The Balaban J connectivity index is 1.46. The molecule has 2 aliphatic rings. The molecule has 3 aromatic rings. The Morgan fingerprint density at radius 1 is 1.16 bits per heavy atom. The standard InChI is InChI=1S/C30H32FN5OS/c1-19-18-30(2,3)35(4)25-13-12-20(17-21(19)25)28-27(24-11-7-8-15-32-24)34-29(38)36(28)16-14-26(37)33-23-10-6-5-9-22(23)31/h5-13,15,17-18,27-28H,14,16H2,1-4H3,(H,33,37)(H,34,38)/t27-,28-/m1/s1. The van der Waals surface area contributed by atoms with E-state index in [2.05, 4.69) is 72.6 Å². The summed E-state index contributed by atoms with van der Waals surface area (Å²) in [5, 5.41) is 6.68. The van der Waals surface area contributed by atoms with Crippen LogP contribution >= 0.6 is 12.2 Å². The van der Waals surface area contributed by atoms with E-state index in [9.17, 15) is 9.18 Å². The maximum atomic E-state index is 14.0. The lowest BCUT2D eigenvalue weighted by atomic mass is 9.86. The van der Waals surface area contributed by atoms with Crippen LogP contribution in [0.25, 0.3) is 5.57 Å². The number of halogens is 1. The average Bonchev–Trinajstić information content (AvgIpc) is 3.23. The number of rotatable bonds is 6. The molecule has 0 saturated carbocycles. The van der Waals surface area contributed by atoms with Crippen molar-refractivity contribution in [1.82, 2.24) is 15.2 Å². The molecule has 1 aromatic heterocycles. The van der Waals surface area contributed by atoms with Crippen LogP contribution in [0.4, 0.5) is 15.8 Å². The minimum atomic E-state index is -0.460. The van der Waals surface area contributed by atoms with Gasteiger partial charge in [-0.1, -0.05) is 30.3 Å². The van der Waals surface area contributed by atoms with Crippen LogP contribution in [0.5, 0.6) is 0 Å². The minimum Gasteiger partial charge on any atom is -0.366 e. The molecule has 196 valence electrons. The molecule has 3 heterocycles. The van der Waals surface area contributed by atoms with Gasteiger partial charge in [0.15, 0.2) is 5.11 Å². The van der Waals surface area contributed by atoms with Gasteiger partial charge in [-0.2, -0.15) is 0 Å². The van der Waals surface area contributed by atoms with Crippen LogP contribution in [0, 0.1) is 5.82 Å². The molecule has 0 bridgehead atoms. The first-order valence-corrected chi connectivity index (χ1v) is 13.2. The molecule has 0 unspecified atom stereocenters. The predicted octanol–water partition coefficient (Wildman–Crippen LogP) is 5.85. The fourth-order valence-electron chi connectivity index (χ4n) is 5.37. The van der Waals surface area contributed by atoms with Crippen molar-refractivity contribution in [3.05, 3.63) is 95.6 Å². The number of likely N-dealkylation sites (N-methyl/N-ethyl adjacent to an activating group) is 1. The van der Waals surface area contributed by atoms with Crippen molar-refractivity contribution in [3.63, 3.8) is 0 Å². The van der Waals surface area contributed by atoms with Gasteiger partial charge in [0.05, 0.1) is 29.0 Å². The van der Waals surface area contributed by atoms with Gasteiger partial charge in [-0.25, -0.2) is 4.39 Å². The van der Waals surface area contributed by atoms with Gasteiger partial charge in [-0.3, -0.25) is 9.78 Å². The number of para-hydroxylation sites is 1. The Hall–Kier alpha value is -3.78. The van der Waals surface area contributed by atoms with E-state index in [0.717, 1.165) is 11.3 Å². The molecule has 2 N–H and O–H groups in total. The van der Waals surface area contributed by atoms with Crippen molar-refractivity contribution in [2.75, 3.05) is 23.8 Å². The molecule has 1 amide bonds. The molecule has 5 rings (SSSR count). The Morgan fingerprint density at radius 3 is 2.66 bits per heavy atom. The fourth-order valence-corrected chi connectivity index (χ4v) is 5.70. The maximum Gasteiger partial charge on any atom is 0.226 e. The summed E-state index contributed by atoms with van der Waals surface area (Å²) in [6, 6.07) is 18.2. The second-order valence-corrected chi connectivity index (χ2v) is 10.8. The highest BCUT2D eigenvalue weighted by Crippen LogP contribution is 2.43. The number of aromatic nitrogens is 1. The second-order valence-electron chi connectivity index (χ2n) is 10.4. The number of nitrogens with zero attached hydrogens (tertiary/aromatic N) is 3. The smallest absolute Gasteiger partial charge is 0.226 e. The Bertz CT molecular complexity index is 1410. The van der Waals surface area contributed by atoms with Crippen LogP contribution in [0.1, 0.15) is 56.1 Å². The third-order valence-electron chi connectivity index (χ3n) is 7.51. The molecule has 6 nitrogen and oxygen atoms in total. The van der Waals surface area contributed by atoms with Gasteiger partial charge in [-0.15, -0.1) is 0 Å². The number of carbonyl (C=O) groups is 1. The van der Waals surface area contributed by atoms with Crippen LogP contribution in [-0.2, 0) is 4.79 Å². The lowest BCUT2D eigenvalue weighted by Crippen LogP contribution is -2.42. The Kier molecular flexibility index (Phi) is 6.92. The number of nitrogens with one attached hydrogen (secondary N) is 2. The van der Waals surface area contributed by atoms with E-state index < -0.39 is 5.82 Å². The number of allylic oxidation sites excluding steroid dienone is 1. The van der Waals surface area contributed by atoms with Crippen molar-refractivity contribution >= 4 is 40.2 Å². The van der Waals surface area contributed by atoms with Gasteiger partial charge in [0.1, 0.15) is 5.82 Å². The number of hydrogen-bond acceptors (Lipinski definition) is 4. The highest BCUT2D eigenvalue weighted by molar-refractivity contribution is 7.80. The fraction of sp³-hybridized carbons (Fsp3) is 0.300. The van der Waals surface area contributed by atoms with E-state index in [1.165, 1.54) is 22.9 Å². The molecule has 2 aromatic carbocycles. The first-order valence-electron chi connectivity index (χ1n) is 12.8. The number of benzene rings is 2. The van der Waals surface area contributed by atoms with E-state index in [1.54, 1.807) is 24.4 Å². The van der Waals surface area contributed by atoms with E-state index >= 15 is 0 Å². The summed E-state index contributed by atoms with van der Waals surface area (Å²) in [7, 11) is 2.12. The van der Waals surface area contributed by atoms with Crippen LogP contribution in [0.15, 0.2) is 72.9 Å². The molecule has 2 atom stereocenters. The van der Waals surface area contributed by atoms with E-state index in [4.69, 9.17) is 12.2 Å². The van der Waals surface area contributed by atoms with E-state index in [1.807, 2.05) is 23.1 Å². The van der Waals surface area contributed by atoms with Crippen molar-refractivity contribution < 1.29 is 9.18 Å². The highest BCUT2D eigenvalue weighted by atomic mass is 32.1. The van der Waals surface area contributed by atoms with Crippen molar-refractivity contribution in [2.45, 2.75) is 44.8 Å². The third kappa shape index (κ3) is 4.88. The largest absolute Gasteiger partial charge is 0.366 e. The zero-order chi connectivity index (χ0) is 27.0. The van der Waals surface area contributed by atoms with Crippen molar-refractivity contribution in [3.8, 4) is 0 Å². The number of pyridine rings is 1. The molecule has 0 spiro atoms. The Morgan fingerprint density at radius 2 is 1.92 bits per heavy atom. The number of anilines is 2. The number of fused-ring (bicyclic) bond motifs is 1. The van der Waals surface area contributed by atoms with Gasteiger partial charge in [0.2, 0.25) is 5.91 Å². The van der Waals surface area contributed by atoms with Crippen LogP contribution in [-0.4, -0.2) is 40.0 Å². The third-order valence-corrected chi connectivity index (χ3v) is 7.86. The summed E-state index contributed by atoms with van der Waals surface area (Å²) < 4.78 is 14.0. The maximum absolute atomic E-state index is 14.0. The topological polar surface area (TPSA) is 60.5 Å². The summed E-state index contributed by atoms with van der Waals surface area (Å²) in [6.07, 6.45) is 4.22. The molecular weight excluding hydrogens is 497 g/mol. The lowest BCUT2D eigenvalue weighted by molar-refractivity contribution is -0.116. The summed E-state index contributed by atoms with van der Waals surface area (Å²) in [5.41, 5.74) is 5.64. The highest BCUT2D eigenvalue weighted by Gasteiger charge is 2.40. The number of carbonyl (C=O) groups excluding carboxylic acids is 1. The predicted molar refractivity (Wildman–Crippen MR) is 154 cm³/mol. The summed E-state index contributed by atoms with van der Waals surface area (Å²) >= 11 is 5.77. The molecule has 1 fully saturated rings.